The Morgan fingerprint density at radius 1 is 1.00 bits per heavy atom. The smallest absolute Gasteiger partial charge is 0.197 e. The normalized spacial score (nSPS) is 12.9. The number of rotatable bonds is 2. The average Bonchev–Trinajstić information content (AvgIpc) is 2.25. The lowest BCUT2D eigenvalue weighted by atomic mass is 9.87. The largest absolute Gasteiger partial charge is 0.398 e. The van der Waals surface area contributed by atoms with E-state index in [0.29, 0.717) is 0 Å². The van der Waals surface area contributed by atoms with Crippen molar-refractivity contribution < 1.29 is 13.2 Å². The van der Waals surface area contributed by atoms with Crippen LogP contribution in [0.3, 0.4) is 0 Å². The summed E-state index contributed by atoms with van der Waals surface area (Å²) in [7, 11) is 0. The van der Waals surface area contributed by atoms with Crippen LogP contribution >= 0.6 is 0 Å². The zero-order chi connectivity index (χ0) is 12.2. The molecule has 0 spiro atoms. The SMILES string of the molecule is N#CC(C#N)C(c1ccccc1)C(F)(F)F. The van der Waals surface area contributed by atoms with Crippen LogP contribution in [-0.2, 0) is 0 Å². The van der Waals surface area contributed by atoms with E-state index in [0.717, 1.165) is 0 Å². The predicted octanol–water partition coefficient (Wildman–Crippen LogP) is 3.00. The molecule has 1 rings (SSSR count). The maximum Gasteiger partial charge on any atom is 0.398 e. The Labute approximate surface area is 90.5 Å². The standard InChI is InChI=1S/C11H7F3N2/c12-11(13,14)10(9(6-15)7-16)8-4-2-1-3-5-8/h1-5,9-10H. The van der Waals surface area contributed by atoms with Gasteiger partial charge in [0.05, 0.1) is 12.1 Å². The maximum atomic E-state index is 12.7. The van der Waals surface area contributed by atoms with Crippen LogP contribution in [0, 0.1) is 28.6 Å². The van der Waals surface area contributed by atoms with Crippen LogP contribution in [0.15, 0.2) is 30.3 Å². The fraction of sp³-hybridized carbons (Fsp3) is 0.273. The number of benzene rings is 1. The molecule has 1 aromatic rings. The highest BCUT2D eigenvalue weighted by Crippen LogP contribution is 2.39. The van der Waals surface area contributed by atoms with E-state index in [1.807, 2.05) is 0 Å². The minimum Gasteiger partial charge on any atom is -0.197 e. The molecule has 1 unspecified atom stereocenters. The molecule has 16 heavy (non-hydrogen) atoms. The summed E-state index contributed by atoms with van der Waals surface area (Å²) in [6, 6.07) is 9.74. The Balaban J connectivity index is 3.19. The van der Waals surface area contributed by atoms with Crippen LogP contribution in [0.1, 0.15) is 11.5 Å². The summed E-state index contributed by atoms with van der Waals surface area (Å²) in [4.78, 5) is 0. The van der Waals surface area contributed by atoms with Crippen molar-refractivity contribution in [3.8, 4) is 12.1 Å². The van der Waals surface area contributed by atoms with E-state index in [4.69, 9.17) is 10.5 Å². The van der Waals surface area contributed by atoms with Gasteiger partial charge in [-0.2, -0.15) is 23.7 Å². The molecule has 0 aliphatic carbocycles. The molecule has 1 atom stereocenters. The number of hydrogen-bond donors (Lipinski definition) is 0. The van der Waals surface area contributed by atoms with Gasteiger partial charge in [-0.1, -0.05) is 30.3 Å². The fourth-order valence-corrected chi connectivity index (χ4v) is 1.41. The Morgan fingerprint density at radius 3 is 1.88 bits per heavy atom. The van der Waals surface area contributed by atoms with Crippen LogP contribution in [-0.4, -0.2) is 6.18 Å². The Bertz CT molecular complexity index is 411. The van der Waals surface area contributed by atoms with E-state index in [1.165, 1.54) is 36.4 Å². The van der Waals surface area contributed by atoms with Gasteiger partial charge in [-0.15, -0.1) is 0 Å². The summed E-state index contributed by atoms with van der Waals surface area (Å²) < 4.78 is 38.2. The number of halogens is 3. The highest BCUT2D eigenvalue weighted by Gasteiger charge is 2.46. The van der Waals surface area contributed by atoms with Gasteiger partial charge >= 0.3 is 6.18 Å². The second-order valence-corrected chi connectivity index (χ2v) is 3.17. The molecule has 0 aliphatic heterocycles. The lowest BCUT2D eigenvalue weighted by Crippen LogP contribution is -2.26. The summed E-state index contributed by atoms with van der Waals surface area (Å²) in [6.45, 7) is 0. The first-order valence-electron chi connectivity index (χ1n) is 4.41. The fourth-order valence-electron chi connectivity index (χ4n) is 1.41. The molecule has 5 heteroatoms. The monoisotopic (exact) mass is 224 g/mol. The molecule has 1 aromatic carbocycles. The van der Waals surface area contributed by atoms with Crippen molar-refractivity contribution in [3.63, 3.8) is 0 Å². The van der Waals surface area contributed by atoms with Crippen LogP contribution < -0.4 is 0 Å². The summed E-state index contributed by atoms with van der Waals surface area (Å²) in [5.74, 6) is -3.77. The van der Waals surface area contributed by atoms with E-state index in [1.54, 1.807) is 6.07 Å². The molecule has 0 amide bonds. The Kier molecular flexibility index (Phi) is 3.52. The van der Waals surface area contributed by atoms with Crippen molar-refractivity contribution >= 4 is 0 Å². The molecule has 0 bridgehead atoms. The number of nitrogens with zero attached hydrogens (tertiary/aromatic N) is 2. The highest BCUT2D eigenvalue weighted by molar-refractivity contribution is 5.26. The van der Waals surface area contributed by atoms with Gasteiger partial charge in [0, 0.05) is 0 Å². The molecular formula is C11H7F3N2. The first-order chi connectivity index (χ1) is 7.50. The van der Waals surface area contributed by atoms with E-state index >= 15 is 0 Å². The lowest BCUT2D eigenvalue weighted by Gasteiger charge is -2.20. The van der Waals surface area contributed by atoms with Gasteiger partial charge in [-0.05, 0) is 5.56 Å². The number of nitriles is 2. The molecule has 0 saturated carbocycles. The molecule has 0 aliphatic rings. The van der Waals surface area contributed by atoms with Gasteiger partial charge < -0.3 is 0 Å². The van der Waals surface area contributed by atoms with Crippen molar-refractivity contribution in [1.82, 2.24) is 0 Å². The Hall–Kier alpha value is -2.01. The molecular weight excluding hydrogens is 217 g/mol. The minimum absolute atomic E-state index is 0.0666. The molecule has 0 fully saturated rings. The second-order valence-electron chi connectivity index (χ2n) is 3.17. The van der Waals surface area contributed by atoms with Crippen molar-refractivity contribution in [1.29, 1.82) is 10.5 Å². The summed E-state index contributed by atoms with van der Waals surface area (Å²) >= 11 is 0. The van der Waals surface area contributed by atoms with Gasteiger partial charge in [-0.3, -0.25) is 0 Å². The van der Waals surface area contributed by atoms with Crippen LogP contribution in [0.5, 0.6) is 0 Å². The van der Waals surface area contributed by atoms with Gasteiger partial charge in [0.1, 0.15) is 11.8 Å². The molecule has 0 N–H and O–H groups in total. The van der Waals surface area contributed by atoms with E-state index in [9.17, 15) is 13.2 Å². The summed E-state index contributed by atoms with van der Waals surface area (Å²) in [6.07, 6.45) is -4.60. The maximum absolute atomic E-state index is 12.7. The Morgan fingerprint density at radius 2 is 1.50 bits per heavy atom. The second kappa shape index (κ2) is 4.67. The van der Waals surface area contributed by atoms with Crippen LogP contribution in [0.25, 0.3) is 0 Å². The molecule has 82 valence electrons. The third-order valence-corrected chi connectivity index (χ3v) is 2.12. The first kappa shape index (κ1) is 12.1. The highest BCUT2D eigenvalue weighted by atomic mass is 19.4. The zero-order valence-corrected chi connectivity index (χ0v) is 8.07. The average molecular weight is 224 g/mol. The van der Waals surface area contributed by atoms with Crippen molar-refractivity contribution in [2.24, 2.45) is 5.92 Å². The molecule has 0 aromatic heterocycles. The predicted molar refractivity (Wildman–Crippen MR) is 50.0 cm³/mol. The number of hydrogen-bond acceptors (Lipinski definition) is 2. The third kappa shape index (κ3) is 2.52. The molecule has 2 nitrogen and oxygen atoms in total. The third-order valence-electron chi connectivity index (χ3n) is 2.12. The quantitative estimate of drug-likeness (QED) is 0.775. The first-order valence-corrected chi connectivity index (χ1v) is 4.41. The molecule has 0 radical (unpaired) electrons. The van der Waals surface area contributed by atoms with Gasteiger partial charge in [0.25, 0.3) is 0 Å². The summed E-state index contributed by atoms with van der Waals surface area (Å²) in [5.41, 5.74) is -0.0666. The van der Waals surface area contributed by atoms with E-state index in [2.05, 4.69) is 0 Å². The van der Waals surface area contributed by atoms with Crippen molar-refractivity contribution in [2.45, 2.75) is 12.1 Å². The van der Waals surface area contributed by atoms with Crippen LogP contribution in [0.4, 0.5) is 13.2 Å². The van der Waals surface area contributed by atoms with Gasteiger partial charge in [0.15, 0.2) is 0 Å². The van der Waals surface area contributed by atoms with Crippen molar-refractivity contribution in [2.75, 3.05) is 0 Å². The topological polar surface area (TPSA) is 47.6 Å². The van der Waals surface area contributed by atoms with Crippen LogP contribution in [0.2, 0.25) is 0 Å². The molecule has 0 saturated heterocycles. The lowest BCUT2D eigenvalue weighted by molar-refractivity contribution is -0.154. The van der Waals surface area contributed by atoms with Gasteiger partial charge in [-0.25, -0.2) is 0 Å². The minimum atomic E-state index is -4.60. The van der Waals surface area contributed by atoms with E-state index < -0.39 is 18.0 Å². The van der Waals surface area contributed by atoms with E-state index in [-0.39, 0.29) is 5.56 Å². The molecule has 0 heterocycles. The van der Waals surface area contributed by atoms with Crippen molar-refractivity contribution in [3.05, 3.63) is 35.9 Å². The van der Waals surface area contributed by atoms with Gasteiger partial charge in [0.2, 0.25) is 0 Å². The zero-order valence-electron chi connectivity index (χ0n) is 8.07. The number of alkyl halides is 3. The summed E-state index contributed by atoms with van der Waals surface area (Å²) in [5, 5.41) is 17.1.